The van der Waals surface area contributed by atoms with Gasteiger partial charge in [0.25, 0.3) is 0 Å². The number of rotatable bonds is 9. The number of amides is 1. The molecule has 1 aromatic rings. The number of benzene rings is 1. The van der Waals surface area contributed by atoms with Crippen LogP contribution in [0.1, 0.15) is 71.3 Å². The highest BCUT2D eigenvalue weighted by atomic mass is 16.5. The molecule has 6 nitrogen and oxygen atoms in total. The zero-order valence-electron chi connectivity index (χ0n) is 19.8. The van der Waals surface area contributed by atoms with Crippen molar-refractivity contribution in [1.82, 2.24) is 5.32 Å². The summed E-state index contributed by atoms with van der Waals surface area (Å²) in [5.41, 5.74) is 0.951. The number of nitrogens with one attached hydrogen (secondary N) is 1. The van der Waals surface area contributed by atoms with Crippen molar-refractivity contribution in [3.8, 4) is 5.75 Å². The molecule has 6 heteroatoms. The maximum atomic E-state index is 13.4. The van der Waals surface area contributed by atoms with Crippen LogP contribution < -0.4 is 10.1 Å². The molecule has 0 saturated heterocycles. The maximum absolute atomic E-state index is 13.4. The van der Waals surface area contributed by atoms with Crippen LogP contribution in [0.25, 0.3) is 0 Å². The van der Waals surface area contributed by atoms with Crippen LogP contribution in [-0.2, 0) is 20.8 Å². The van der Waals surface area contributed by atoms with Gasteiger partial charge in [-0.2, -0.15) is 0 Å². The molecular formula is C26H39NO5. The molecule has 0 fully saturated rings. The van der Waals surface area contributed by atoms with E-state index in [0.29, 0.717) is 38.7 Å². The summed E-state index contributed by atoms with van der Waals surface area (Å²) >= 11 is 0. The van der Waals surface area contributed by atoms with E-state index < -0.39 is 24.5 Å². The first-order chi connectivity index (χ1) is 15.3. The Morgan fingerprint density at radius 3 is 2.50 bits per heavy atom. The molecule has 32 heavy (non-hydrogen) atoms. The highest BCUT2D eigenvalue weighted by molar-refractivity contribution is 5.93. The van der Waals surface area contributed by atoms with Gasteiger partial charge in [-0.3, -0.25) is 14.4 Å². The molecule has 0 aliphatic carbocycles. The SMILES string of the molecule is CCCCCC(=O)C1Cc2ccc(cc2)OCCCC(C(=O)CO)C(CC(C)C)C(=O)N1. The number of carbonyl (C=O) groups is 3. The molecule has 2 heterocycles. The highest BCUT2D eigenvalue weighted by Crippen LogP contribution is 2.27. The molecule has 3 unspecified atom stereocenters. The fourth-order valence-corrected chi connectivity index (χ4v) is 4.36. The van der Waals surface area contributed by atoms with Crippen LogP contribution in [-0.4, -0.2) is 41.8 Å². The van der Waals surface area contributed by atoms with Gasteiger partial charge < -0.3 is 15.2 Å². The van der Waals surface area contributed by atoms with E-state index in [0.717, 1.165) is 30.6 Å². The van der Waals surface area contributed by atoms with E-state index in [9.17, 15) is 19.5 Å². The number of hydrogen-bond donors (Lipinski definition) is 2. The molecule has 3 atom stereocenters. The van der Waals surface area contributed by atoms with Gasteiger partial charge >= 0.3 is 0 Å². The number of hydrogen-bond acceptors (Lipinski definition) is 5. The predicted molar refractivity (Wildman–Crippen MR) is 124 cm³/mol. The minimum atomic E-state index is -0.631. The summed E-state index contributed by atoms with van der Waals surface area (Å²) in [7, 11) is 0. The van der Waals surface area contributed by atoms with Gasteiger partial charge in [0.15, 0.2) is 11.6 Å². The standard InChI is InChI=1S/C26H39NO5/c1-4-5-6-9-24(29)23-16-19-10-12-20(13-11-19)32-14-7-8-21(25(30)17-28)22(15-18(2)3)26(31)27-23/h10-13,18,21-23,28H,4-9,14-17H2,1-3H3,(H,27,31). The Balaban J connectivity index is 2.35. The van der Waals surface area contributed by atoms with Crippen molar-refractivity contribution >= 4 is 17.5 Å². The van der Waals surface area contributed by atoms with Gasteiger partial charge in [-0.15, -0.1) is 0 Å². The first kappa shape index (κ1) is 26.0. The number of aliphatic hydroxyl groups is 1. The van der Waals surface area contributed by atoms with E-state index in [1.165, 1.54) is 0 Å². The van der Waals surface area contributed by atoms with E-state index in [1.807, 2.05) is 38.1 Å². The van der Waals surface area contributed by atoms with Crippen molar-refractivity contribution in [3.05, 3.63) is 29.8 Å². The van der Waals surface area contributed by atoms with Crippen LogP contribution >= 0.6 is 0 Å². The normalized spacial score (nSPS) is 22.2. The van der Waals surface area contributed by atoms with Gasteiger partial charge in [-0.1, -0.05) is 45.7 Å². The smallest absolute Gasteiger partial charge is 0.224 e. The molecule has 0 aromatic heterocycles. The molecule has 2 bridgehead atoms. The Kier molecular flexibility index (Phi) is 10.9. The van der Waals surface area contributed by atoms with Gasteiger partial charge in [0, 0.05) is 18.3 Å². The minimum absolute atomic E-state index is 0.0209. The molecule has 0 radical (unpaired) electrons. The number of fused-ring (bicyclic) bond motifs is 11. The number of Topliss-reactive ketones (excluding diaryl/α,β-unsaturated/α-hetero) is 2. The Morgan fingerprint density at radius 2 is 1.88 bits per heavy atom. The summed E-state index contributed by atoms with van der Waals surface area (Å²) in [6.45, 7) is 5.95. The van der Waals surface area contributed by atoms with Crippen LogP contribution in [0.5, 0.6) is 5.75 Å². The van der Waals surface area contributed by atoms with Crippen molar-refractivity contribution in [2.24, 2.45) is 17.8 Å². The van der Waals surface area contributed by atoms with Crippen molar-refractivity contribution < 1.29 is 24.2 Å². The minimum Gasteiger partial charge on any atom is -0.494 e. The lowest BCUT2D eigenvalue weighted by Gasteiger charge is -2.29. The van der Waals surface area contributed by atoms with E-state index in [2.05, 4.69) is 12.2 Å². The lowest BCUT2D eigenvalue weighted by molar-refractivity contribution is -0.137. The van der Waals surface area contributed by atoms with Gasteiger partial charge in [0.05, 0.1) is 12.6 Å². The topological polar surface area (TPSA) is 92.7 Å². The second-order valence-corrected chi connectivity index (χ2v) is 9.29. The van der Waals surface area contributed by atoms with Crippen LogP contribution in [0.2, 0.25) is 0 Å². The molecule has 1 aromatic carbocycles. The van der Waals surface area contributed by atoms with Gasteiger partial charge in [-0.05, 0) is 55.7 Å². The lowest BCUT2D eigenvalue weighted by Crippen LogP contribution is -2.48. The highest BCUT2D eigenvalue weighted by Gasteiger charge is 2.35. The van der Waals surface area contributed by atoms with Crippen LogP contribution in [0, 0.1) is 17.8 Å². The summed E-state index contributed by atoms with van der Waals surface area (Å²) in [6, 6.07) is 6.99. The summed E-state index contributed by atoms with van der Waals surface area (Å²) in [4.78, 5) is 39.0. The lowest BCUT2D eigenvalue weighted by atomic mass is 9.79. The quantitative estimate of drug-likeness (QED) is 0.563. The Hall–Kier alpha value is -2.21. The van der Waals surface area contributed by atoms with E-state index in [1.54, 1.807) is 0 Å². The van der Waals surface area contributed by atoms with Crippen molar-refractivity contribution in [1.29, 1.82) is 0 Å². The van der Waals surface area contributed by atoms with Crippen molar-refractivity contribution in [2.45, 2.75) is 78.2 Å². The van der Waals surface area contributed by atoms with Crippen molar-refractivity contribution in [3.63, 3.8) is 0 Å². The average molecular weight is 446 g/mol. The third kappa shape index (κ3) is 8.05. The third-order valence-corrected chi connectivity index (χ3v) is 6.14. The van der Waals surface area contributed by atoms with E-state index >= 15 is 0 Å². The summed E-state index contributed by atoms with van der Waals surface area (Å²) < 4.78 is 5.81. The third-order valence-electron chi connectivity index (χ3n) is 6.14. The van der Waals surface area contributed by atoms with Crippen molar-refractivity contribution in [2.75, 3.05) is 13.2 Å². The molecule has 2 aliphatic rings. The zero-order valence-corrected chi connectivity index (χ0v) is 19.8. The van der Waals surface area contributed by atoms with E-state index in [-0.39, 0.29) is 23.4 Å². The number of ketones is 2. The second-order valence-electron chi connectivity index (χ2n) is 9.29. The van der Waals surface area contributed by atoms with E-state index in [4.69, 9.17) is 4.74 Å². The molecule has 2 aliphatic heterocycles. The first-order valence-corrected chi connectivity index (χ1v) is 12.0. The summed E-state index contributed by atoms with van der Waals surface area (Å²) in [5, 5.41) is 12.5. The van der Waals surface area contributed by atoms with Crippen LogP contribution in [0.15, 0.2) is 24.3 Å². The number of carbonyl (C=O) groups excluding carboxylic acids is 3. The molecule has 0 saturated carbocycles. The predicted octanol–water partition coefficient (Wildman–Crippen LogP) is 3.88. The number of ether oxygens (including phenoxy) is 1. The fraction of sp³-hybridized carbons (Fsp3) is 0.654. The first-order valence-electron chi connectivity index (χ1n) is 12.0. The van der Waals surface area contributed by atoms with Crippen LogP contribution in [0.3, 0.4) is 0 Å². The Bertz CT molecular complexity index is 743. The molecule has 3 rings (SSSR count). The van der Waals surface area contributed by atoms with Crippen LogP contribution in [0.4, 0.5) is 0 Å². The fourth-order valence-electron chi connectivity index (χ4n) is 4.36. The number of unbranched alkanes of at least 4 members (excludes halogenated alkanes) is 2. The van der Waals surface area contributed by atoms with Gasteiger partial charge in [0.1, 0.15) is 12.4 Å². The maximum Gasteiger partial charge on any atom is 0.224 e. The molecule has 2 N–H and O–H groups in total. The largest absolute Gasteiger partial charge is 0.494 e. The summed E-state index contributed by atoms with van der Waals surface area (Å²) in [6.07, 6.45) is 5.20. The zero-order chi connectivity index (χ0) is 23.5. The molecule has 0 spiro atoms. The number of aliphatic hydroxyl groups excluding tert-OH is 1. The molecule has 1 amide bonds. The Morgan fingerprint density at radius 1 is 1.16 bits per heavy atom. The monoisotopic (exact) mass is 445 g/mol. The summed E-state index contributed by atoms with van der Waals surface area (Å²) in [5.74, 6) is -0.812. The average Bonchev–Trinajstić information content (AvgIpc) is 2.77. The van der Waals surface area contributed by atoms with Gasteiger partial charge in [-0.25, -0.2) is 0 Å². The second kappa shape index (κ2) is 13.4. The molecular weight excluding hydrogens is 406 g/mol. The van der Waals surface area contributed by atoms with Gasteiger partial charge in [0.2, 0.25) is 5.91 Å². The Labute approximate surface area is 192 Å². The molecule has 178 valence electrons.